The summed E-state index contributed by atoms with van der Waals surface area (Å²) < 4.78 is 5.71. The van der Waals surface area contributed by atoms with Crippen molar-refractivity contribution in [3.63, 3.8) is 0 Å². The number of hydrogen-bond acceptors (Lipinski definition) is 4. The zero-order valence-corrected chi connectivity index (χ0v) is 13.3. The van der Waals surface area contributed by atoms with Crippen molar-refractivity contribution in [2.75, 3.05) is 0 Å². The third-order valence-electron chi connectivity index (χ3n) is 4.53. The van der Waals surface area contributed by atoms with Crippen molar-refractivity contribution in [2.45, 2.75) is 46.1 Å². The second kappa shape index (κ2) is 6.90. The van der Waals surface area contributed by atoms with E-state index in [1.807, 2.05) is 0 Å². The minimum Gasteiger partial charge on any atom is -0.458 e. The molecule has 0 unspecified atom stereocenters. The van der Waals surface area contributed by atoms with Crippen molar-refractivity contribution in [3.8, 4) is 0 Å². The Balaban J connectivity index is 2.07. The van der Waals surface area contributed by atoms with Crippen LogP contribution in [0.5, 0.6) is 0 Å². The fourth-order valence-electron chi connectivity index (χ4n) is 3.17. The lowest BCUT2D eigenvalue weighted by molar-refractivity contribution is -0.384. The van der Waals surface area contributed by atoms with Crippen LogP contribution in [0.1, 0.15) is 50.4 Å². The van der Waals surface area contributed by atoms with E-state index in [9.17, 15) is 14.9 Å². The third kappa shape index (κ3) is 3.84. The van der Waals surface area contributed by atoms with E-state index in [0.717, 1.165) is 12.8 Å². The molecule has 0 spiro atoms. The van der Waals surface area contributed by atoms with Gasteiger partial charge in [-0.2, -0.15) is 0 Å². The van der Waals surface area contributed by atoms with E-state index in [0.29, 0.717) is 23.3 Å². The molecule has 1 aromatic rings. The molecule has 0 aromatic heterocycles. The number of rotatable bonds is 4. The van der Waals surface area contributed by atoms with Gasteiger partial charge in [-0.1, -0.05) is 27.2 Å². The highest BCUT2D eigenvalue weighted by Crippen LogP contribution is 2.35. The summed E-state index contributed by atoms with van der Waals surface area (Å²) in [7, 11) is 0. The summed E-state index contributed by atoms with van der Waals surface area (Å²) in [6, 6.07) is 5.58. The number of carbonyl (C=O) groups excluding carboxylic acids is 1. The van der Waals surface area contributed by atoms with Crippen molar-refractivity contribution in [1.29, 1.82) is 0 Å². The van der Waals surface area contributed by atoms with Crippen molar-refractivity contribution >= 4 is 11.7 Å². The Kier molecular flexibility index (Phi) is 5.16. The van der Waals surface area contributed by atoms with Crippen LogP contribution in [0.4, 0.5) is 5.69 Å². The lowest BCUT2D eigenvalue weighted by Gasteiger charge is -2.36. The normalized spacial score (nSPS) is 25.0. The molecule has 1 aromatic carbocycles. The van der Waals surface area contributed by atoms with E-state index in [1.54, 1.807) is 0 Å². The highest BCUT2D eigenvalue weighted by atomic mass is 16.6. The van der Waals surface area contributed by atoms with Gasteiger partial charge in [0, 0.05) is 12.1 Å². The van der Waals surface area contributed by atoms with E-state index in [2.05, 4.69) is 20.8 Å². The summed E-state index contributed by atoms with van der Waals surface area (Å²) in [6.45, 7) is 6.50. The topological polar surface area (TPSA) is 69.4 Å². The molecule has 22 heavy (non-hydrogen) atoms. The van der Waals surface area contributed by atoms with E-state index in [1.165, 1.54) is 30.7 Å². The number of ether oxygens (including phenoxy) is 1. The first-order chi connectivity index (χ1) is 10.4. The number of benzene rings is 1. The molecule has 3 atom stereocenters. The largest absolute Gasteiger partial charge is 0.458 e. The molecule has 0 radical (unpaired) electrons. The lowest BCUT2D eigenvalue weighted by Crippen LogP contribution is -2.35. The summed E-state index contributed by atoms with van der Waals surface area (Å²) in [4.78, 5) is 22.4. The summed E-state index contributed by atoms with van der Waals surface area (Å²) >= 11 is 0. The quantitative estimate of drug-likeness (QED) is 0.474. The second-order valence-corrected chi connectivity index (χ2v) is 6.57. The molecule has 0 bridgehead atoms. The van der Waals surface area contributed by atoms with Gasteiger partial charge in [0.2, 0.25) is 0 Å². The first kappa shape index (κ1) is 16.5. The average Bonchev–Trinajstić information content (AvgIpc) is 2.47. The first-order valence-electron chi connectivity index (χ1n) is 7.84. The number of nitro groups is 1. The van der Waals surface area contributed by atoms with Crippen LogP contribution >= 0.6 is 0 Å². The fraction of sp³-hybridized carbons (Fsp3) is 0.588. The zero-order chi connectivity index (χ0) is 16.3. The second-order valence-electron chi connectivity index (χ2n) is 6.57. The molecular formula is C17H23NO4. The molecular weight excluding hydrogens is 282 g/mol. The van der Waals surface area contributed by atoms with Gasteiger partial charge < -0.3 is 4.74 Å². The average molecular weight is 305 g/mol. The predicted molar refractivity (Wildman–Crippen MR) is 83.6 cm³/mol. The minimum atomic E-state index is -0.479. The Morgan fingerprint density at radius 1 is 1.27 bits per heavy atom. The van der Waals surface area contributed by atoms with Crippen LogP contribution in [0.15, 0.2) is 24.3 Å². The van der Waals surface area contributed by atoms with Gasteiger partial charge in [-0.05, 0) is 42.7 Å². The molecule has 2 rings (SSSR count). The molecule has 1 fully saturated rings. The summed E-state index contributed by atoms with van der Waals surface area (Å²) in [5, 5.41) is 10.6. The molecule has 1 aliphatic rings. The summed E-state index contributed by atoms with van der Waals surface area (Å²) in [5.41, 5.74) is 0.342. The van der Waals surface area contributed by atoms with Crippen LogP contribution in [0, 0.1) is 27.9 Å². The molecule has 0 heterocycles. The Morgan fingerprint density at radius 2 is 1.91 bits per heavy atom. The van der Waals surface area contributed by atoms with Gasteiger partial charge in [0.25, 0.3) is 5.69 Å². The molecule has 0 N–H and O–H groups in total. The Labute approximate surface area is 130 Å². The maximum atomic E-state index is 12.3. The number of carbonyl (C=O) groups is 1. The van der Waals surface area contributed by atoms with E-state index < -0.39 is 4.92 Å². The number of esters is 1. The molecule has 120 valence electrons. The lowest BCUT2D eigenvalue weighted by atomic mass is 9.75. The van der Waals surface area contributed by atoms with Crippen LogP contribution in [-0.2, 0) is 4.74 Å². The van der Waals surface area contributed by atoms with Crippen LogP contribution in [-0.4, -0.2) is 17.0 Å². The molecule has 0 saturated heterocycles. The van der Waals surface area contributed by atoms with Crippen LogP contribution in [0.2, 0.25) is 0 Å². The minimum absolute atomic E-state index is 0.0251. The van der Waals surface area contributed by atoms with Crippen LogP contribution < -0.4 is 0 Å². The Morgan fingerprint density at radius 3 is 2.45 bits per heavy atom. The third-order valence-corrected chi connectivity index (χ3v) is 4.53. The highest BCUT2D eigenvalue weighted by molar-refractivity contribution is 5.89. The summed E-state index contributed by atoms with van der Waals surface area (Å²) in [6.07, 6.45) is 3.08. The van der Waals surface area contributed by atoms with E-state index in [-0.39, 0.29) is 17.8 Å². The van der Waals surface area contributed by atoms with Crippen molar-refractivity contribution in [3.05, 3.63) is 39.9 Å². The monoisotopic (exact) mass is 305 g/mol. The first-order valence-corrected chi connectivity index (χ1v) is 7.84. The number of hydrogen-bond donors (Lipinski definition) is 0. The van der Waals surface area contributed by atoms with Gasteiger partial charge in [0.15, 0.2) is 0 Å². The van der Waals surface area contributed by atoms with Gasteiger partial charge in [-0.25, -0.2) is 4.79 Å². The predicted octanol–water partition coefficient (Wildman–Crippen LogP) is 4.21. The fourth-order valence-corrected chi connectivity index (χ4v) is 3.17. The maximum Gasteiger partial charge on any atom is 0.338 e. The van der Waals surface area contributed by atoms with Gasteiger partial charge in [0.05, 0.1) is 10.5 Å². The molecule has 1 aliphatic carbocycles. The van der Waals surface area contributed by atoms with Crippen LogP contribution in [0.25, 0.3) is 0 Å². The Hall–Kier alpha value is -1.91. The van der Waals surface area contributed by atoms with Gasteiger partial charge in [-0.3, -0.25) is 10.1 Å². The molecule has 5 nitrogen and oxygen atoms in total. The smallest absolute Gasteiger partial charge is 0.338 e. The van der Waals surface area contributed by atoms with Crippen molar-refractivity contribution < 1.29 is 14.5 Å². The van der Waals surface area contributed by atoms with Crippen molar-refractivity contribution in [1.82, 2.24) is 0 Å². The van der Waals surface area contributed by atoms with E-state index in [4.69, 9.17) is 4.74 Å². The molecule has 5 heteroatoms. The number of non-ortho nitro benzene ring substituents is 1. The van der Waals surface area contributed by atoms with Crippen LogP contribution in [0.3, 0.4) is 0 Å². The summed E-state index contributed by atoms with van der Waals surface area (Å²) in [5.74, 6) is 1.03. The number of nitrogens with zero attached hydrogens (tertiary/aromatic N) is 1. The highest BCUT2D eigenvalue weighted by Gasteiger charge is 2.33. The molecule has 0 amide bonds. The van der Waals surface area contributed by atoms with Gasteiger partial charge in [0.1, 0.15) is 6.10 Å². The van der Waals surface area contributed by atoms with Gasteiger partial charge >= 0.3 is 5.97 Å². The van der Waals surface area contributed by atoms with Crippen molar-refractivity contribution in [2.24, 2.45) is 17.8 Å². The zero-order valence-electron chi connectivity index (χ0n) is 13.3. The van der Waals surface area contributed by atoms with Gasteiger partial charge in [-0.15, -0.1) is 0 Å². The Bertz CT molecular complexity index is 538. The number of nitro benzene ring substituents is 1. The molecule has 1 saturated carbocycles. The SMILES string of the molecule is CC(C)[C@H]1CC[C@@H](C)C[C@H]1OC(=O)c1ccc([N+](=O)[O-])cc1. The molecule has 0 aliphatic heterocycles. The maximum absolute atomic E-state index is 12.3. The standard InChI is InChI=1S/C17H23NO4/c1-11(2)15-9-4-12(3)10-16(15)22-17(19)13-5-7-14(8-6-13)18(20)21/h5-8,11-12,15-16H,4,9-10H2,1-3H3/t12-,15-,16-/m1/s1. The van der Waals surface area contributed by atoms with E-state index >= 15 is 0 Å².